The first-order chi connectivity index (χ1) is 12.1. The molecule has 5 nitrogen and oxygen atoms in total. The van der Waals surface area contributed by atoms with Gasteiger partial charge in [-0.15, -0.1) is 11.8 Å². The normalized spacial score (nSPS) is 10.7. The van der Waals surface area contributed by atoms with Gasteiger partial charge in [0.15, 0.2) is 16.6 Å². The monoisotopic (exact) mass is 374 g/mol. The number of thiazole rings is 1. The van der Waals surface area contributed by atoms with Crippen molar-refractivity contribution in [2.45, 2.75) is 11.8 Å². The molecule has 0 unspecified atom stereocenters. The minimum absolute atomic E-state index is 0.175. The van der Waals surface area contributed by atoms with E-state index in [0.717, 1.165) is 20.9 Å². The van der Waals surface area contributed by atoms with Crippen molar-refractivity contribution in [3.05, 3.63) is 42.0 Å². The average Bonchev–Trinajstić information content (AvgIpc) is 3.02. The molecule has 0 aliphatic carbocycles. The molecule has 25 heavy (non-hydrogen) atoms. The highest BCUT2D eigenvalue weighted by atomic mass is 32.2. The molecule has 0 saturated carbocycles. The number of nitrogens with one attached hydrogen (secondary N) is 1. The van der Waals surface area contributed by atoms with E-state index in [4.69, 9.17) is 9.47 Å². The van der Waals surface area contributed by atoms with E-state index >= 15 is 0 Å². The third-order valence-electron chi connectivity index (χ3n) is 3.54. The van der Waals surface area contributed by atoms with Crippen LogP contribution >= 0.6 is 23.1 Å². The number of methoxy groups -OCH3 is 2. The van der Waals surface area contributed by atoms with Crippen molar-refractivity contribution in [2.75, 3.05) is 25.3 Å². The number of anilines is 1. The Balaban J connectivity index is 1.81. The van der Waals surface area contributed by atoms with Gasteiger partial charge in [-0.1, -0.05) is 18.3 Å². The molecule has 3 aromatic rings. The van der Waals surface area contributed by atoms with Crippen LogP contribution in [0.25, 0.3) is 10.2 Å². The highest BCUT2D eigenvalue weighted by Crippen LogP contribution is 2.36. The number of benzene rings is 2. The summed E-state index contributed by atoms with van der Waals surface area (Å²) in [5.74, 6) is 2.08. The summed E-state index contributed by atoms with van der Waals surface area (Å²) in [7, 11) is 3.17. The first-order valence-corrected chi connectivity index (χ1v) is 9.51. The molecule has 0 atom stereocenters. The number of rotatable bonds is 6. The molecule has 130 valence electrons. The van der Waals surface area contributed by atoms with Crippen LogP contribution in [0, 0.1) is 0 Å². The number of fused-ring (bicyclic) bond motifs is 1. The molecule has 0 aliphatic heterocycles. The highest BCUT2D eigenvalue weighted by molar-refractivity contribution is 7.99. The Morgan fingerprint density at radius 3 is 2.48 bits per heavy atom. The predicted molar refractivity (Wildman–Crippen MR) is 104 cm³/mol. The Hall–Kier alpha value is -2.25. The lowest BCUT2D eigenvalue weighted by Gasteiger charge is -2.05. The molecule has 1 N–H and O–H groups in total. The number of amides is 1. The zero-order valence-electron chi connectivity index (χ0n) is 14.2. The van der Waals surface area contributed by atoms with Crippen LogP contribution in [0.15, 0.2) is 41.3 Å². The van der Waals surface area contributed by atoms with E-state index in [0.29, 0.717) is 22.2 Å². The number of ether oxygens (including phenoxy) is 2. The van der Waals surface area contributed by atoms with Crippen LogP contribution in [-0.4, -0.2) is 30.9 Å². The Bertz CT molecular complexity index is 850. The molecule has 0 saturated heterocycles. The standard InChI is InChI=1S/C18H18N2O3S2/c1-4-24-12-7-5-11(6-8-12)17(21)20-18-19-13-9-14(22-2)15(23-3)10-16(13)25-18/h5-10H,4H2,1-3H3,(H,19,20,21). The van der Waals surface area contributed by atoms with E-state index in [1.807, 2.05) is 30.3 Å². The maximum Gasteiger partial charge on any atom is 0.257 e. The smallest absolute Gasteiger partial charge is 0.257 e. The second-order valence-corrected chi connectivity index (χ2v) is 7.47. The number of thioether (sulfide) groups is 1. The third kappa shape index (κ3) is 3.88. The molecule has 0 radical (unpaired) electrons. The molecule has 2 aromatic carbocycles. The van der Waals surface area contributed by atoms with Gasteiger partial charge >= 0.3 is 0 Å². The van der Waals surface area contributed by atoms with Gasteiger partial charge in [-0.05, 0) is 30.0 Å². The van der Waals surface area contributed by atoms with Crippen LogP contribution in [0.5, 0.6) is 11.5 Å². The molecular formula is C18H18N2O3S2. The molecule has 1 heterocycles. The molecule has 3 rings (SSSR count). The van der Waals surface area contributed by atoms with Gasteiger partial charge in [0, 0.05) is 22.6 Å². The fourth-order valence-corrected chi connectivity index (χ4v) is 3.88. The lowest BCUT2D eigenvalue weighted by atomic mass is 10.2. The van der Waals surface area contributed by atoms with Gasteiger partial charge in [0.1, 0.15) is 0 Å². The summed E-state index contributed by atoms with van der Waals surface area (Å²) in [6.07, 6.45) is 0. The Morgan fingerprint density at radius 1 is 1.16 bits per heavy atom. The summed E-state index contributed by atoms with van der Waals surface area (Å²) in [6, 6.07) is 11.2. The highest BCUT2D eigenvalue weighted by Gasteiger charge is 2.13. The zero-order chi connectivity index (χ0) is 17.8. The van der Waals surface area contributed by atoms with Crippen molar-refractivity contribution in [3.63, 3.8) is 0 Å². The van der Waals surface area contributed by atoms with Crippen LogP contribution in [0.2, 0.25) is 0 Å². The van der Waals surface area contributed by atoms with Gasteiger partial charge in [-0.2, -0.15) is 0 Å². The van der Waals surface area contributed by atoms with Crippen LogP contribution in [-0.2, 0) is 0 Å². The fraction of sp³-hybridized carbons (Fsp3) is 0.222. The second kappa shape index (κ2) is 7.76. The number of aromatic nitrogens is 1. The summed E-state index contributed by atoms with van der Waals surface area (Å²) >= 11 is 3.14. The number of hydrogen-bond donors (Lipinski definition) is 1. The number of carbonyl (C=O) groups is 1. The summed E-state index contributed by atoms with van der Waals surface area (Å²) in [6.45, 7) is 2.10. The minimum atomic E-state index is -0.175. The Morgan fingerprint density at radius 2 is 1.84 bits per heavy atom. The van der Waals surface area contributed by atoms with Gasteiger partial charge in [0.25, 0.3) is 5.91 Å². The summed E-state index contributed by atoms with van der Waals surface area (Å²) < 4.78 is 11.5. The molecular weight excluding hydrogens is 356 g/mol. The van der Waals surface area contributed by atoms with Crippen molar-refractivity contribution in [1.29, 1.82) is 0 Å². The van der Waals surface area contributed by atoms with Crippen molar-refractivity contribution >= 4 is 44.4 Å². The van der Waals surface area contributed by atoms with Gasteiger partial charge < -0.3 is 9.47 Å². The van der Waals surface area contributed by atoms with E-state index in [1.54, 1.807) is 32.0 Å². The third-order valence-corrected chi connectivity index (χ3v) is 5.37. The molecule has 1 amide bonds. The van der Waals surface area contributed by atoms with Crippen LogP contribution in [0.4, 0.5) is 5.13 Å². The molecule has 7 heteroatoms. The molecule has 1 aromatic heterocycles. The number of carbonyl (C=O) groups excluding carboxylic acids is 1. The van der Waals surface area contributed by atoms with E-state index < -0.39 is 0 Å². The van der Waals surface area contributed by atoms with Crippen molar-refractivity contribution in [1.82, 2.24) is 4.98 Å². The first-order valence-electron chi connectivity index (χ1n) is 7.71. The number of nitrogens with zero attached hydrogens (tertiary/aromatic N) is 1. The van der Waals surface area contributed by atoms with Crippen molar-refractivity contribution < 1.29 is 14.3 Å². The molecule has 0 fully saturated rings. The fourth-order valence-electron chi connectivity index (χ4n) is 2.35. The SMILES string of the molecule is CCSc1ccc(C(=O)Nc2nc3cc(OC)c(OC)cc3s2)cc1. The lowest BCUT2D eigenvalue weighted by molar-refractivity contribution is 0.102. The summed E-state index contributed by atoms with van der Waals surface area (Å²) in [5, 5.41) is 3.40. The maximum absolute atomic E-state index is 12.4. The Kier molecular flexibility index (Phi) is 5.45. The first kappa shape index (κ1) is 17.6. The molecule has 0 bridgehead atoms. The van der Waals surface area contributed by atoms with E-state index in [1.165, 1.54) is 11.3 Å². The van der Waals surface area contributed by atoms with Gasteiger partial charge in [-0.3, -0.25) is 10.1 Å². The zero-order valence-corrected chi connectivity index (χ0v) is 15.8. The molecule has 0 spiro atoms. The summed E-state index contributed by atoms with van der Waals surface area (Å²) in [5.41, 5.74) is 1.36. The van der Waals surface area contributed by atoms with Gasteiger partial charge in [0.2, 0.25) is 0 Å². The van der Waals surface area contributed by atoms with Crippen LogP contribution in [0.3, 0.4) is 0 Å². The number of hydrogen-bond acceptors (Lipinski definition) is 6. The average molecular weight is 374 g/mol. The minimum Gasteiger partial charge on any atom is -0.493 e. The van der Waals surface area contributed by atoms with Gasteiger partial charge in [-0.25, -0.2) is 4.98 Å². The maximum atomic E-state index is 12.4. The van der Waals surface area contributed by atoms with E-state index in [9.17, 15) is 4.79 Å². The van der Waals surface area contributed by atoms with Crippen molar-refractivity contribution in [3.8, 4) is 11.5 Å². The largest absolute Gasteiger partial charge is 0.493 e. The van der Waals surface area contributed by atoms with Crippen molar-refractivity contribution in [2.24, 2.45) is 0 Å². The van der Waals surface area contributed by atoms with E-state index in [-0.39, 0.29) is 5.91 Å². The van der Waals surface area contributed by atoms with Gasteiger partial charge in [0.05, 0.1) is 24.4 Å². The van der Waals surface area contributed by atoms with Crippen LogP contribution in [0.1, 0.15) is 17.3 Å². The molecule has 0 aliphatic rings. The summed E-state index contributed by atoms with van der Waals surface area (Å²) in [4.78, 5) is 18.0. The van der Waals surface area contributed by atoms with E-state index in [2.05, 4.69) is 17.2 Å². The second-order valence-electron chi connectivity index (χ2n) is 5.11. The topological polar surface area (TPSA) is 60.5 Å². The lowest BCUT2D eigenvalue weighted by Crippen LogP contribution is -2.11. The Labute approximate surface area is 154 Å². The quantitative estimate of drug-likeness (QED) is 0.635. The predicted octanol–water partition coefficient (Wildman–Crippen LogP) is 4.68. The van der Waals surface area contributed by atoms with Crippen LogP contribution < -0.4 is 14.8 Å².